The van der Waals surface area contributed by atoms with Crippen LogP contribution in [0.3, 0.4) is 0 Å². The highest BCUT2D eigenvalue weighted by atomic mass is 16.5. The van der Waals surface area contributed by atoms with Crippen LogP contribution in [0.25, 0.3) is 0 Å². The molecule has 2 rings (SSSR count). The number of nitrogen functional groups attached to an aromatic ring is 1. The van der Waals surface area contributed by atoms with E-state index in [2.05, 4.69) is 24.0 Å². The summed E-state index contributed by atoms with van der Waals surface area (Å²) in [5, 5.41) is 0. The zero-order valence-electron chi connectivity index (χ0n) is 12.1. The summed E-state index contributed by atoms with van der Waals surface area (Å²) in [7, 11) is 1.77. The molecule has 2 N–H and O–H groups in total. The molecule has 0 amide bonds. The van der Waals surface area contributed by atoms with Gasteiger partial charge in [-0.1, -0.05) is 18.2 Å². The summed E-state index contributed by atoms with van der Waals surface area (Å²) in [5.74, 6) is 0.893. The summed E-state index contributed by atoms with van der Waals surface area (Å²) in [5.41, 5.74) is 8.18. The zero-order chi connectivity index (χ0) is 13.7. The van der Waals surface area contributed by atoms with Gasteiger partial charge in [-0.25, -0.2) is 0 Å². The molecule has 1 aromatic carbocycles. The monoisotopic (exact) mass is 262 g/mol. The van der Waals surface area contributed by atoms with Gasteiger partial charge in [0.25, 0.3) is 0 Å². The molecule has 1 aliphatic carbocycles. The third-order valence-corrected chi connectivity index (χ3v) is 4.19. The van der Waals surface area contributed by atoms with Gasteiger partial charge in [0.05, 0.1) is 6.61 Å². The molecule has 19 heavy (non-hydrogen) atoms. The molecule has 106 valence electrons. The lowest BCUT2D eigenvalue weighted by Gasteiger charge is -2.29. The molecule has 0 radical (unpaired) electrons. The Morgan fingerprint density at radius 1 is 1.32 bits per heavy atom. The van der Waals surface area contributed by atoms with Crippen molar-refractivity contribution < 1.29 is 4.74 Å². The number of ether oxygens (including phenoxy) is 1. The quantitative estimate of drug-likeness (QED) is 0.732. The van der Waals surface area contributed by atoms with Crippen molar-refractivity contribution in [3.05, 3.63) is 29.8 Å². The lowest BCUT2D eigenvalue weighted by Crippen LogP contribution is -2.38. The van der Waals surface area contributed by atoms with E-state index in [9.17, 15) is 0 Å². The number of para-hydroxylation sites is 1. The van der Waals surface area contributed by atoms with Crippen molar-refractivity contribution in [3.63, 3.8) is 0 Å². The number of nitrogens with zero attached hydrogens (tertiary/aromatic N) is 1. The van der Waals surface area contributed by atoms with Crippen LogP contribution < -0.4 is 5.73 Å². The Morgan fingerprint density at radius 2 is 2.05 bits per heavy atom. The van der Waals surface area contributed by atoms with Crippen LogP contribution in [0.2, 0.25) is 0 Å². The molecule has 1 unspecified atom stereocenters. The van der Waals surface area contributed by atoms with E-state index in [-0.39, 0.29) is 0 Å². The fourth-order valence-electron chi connectivity index (χ4n) is 2.63. The molecule has 0 heterocycles. The first kappa shape index (κ1) is 14.4. The van der Waals surface area contributed by atoms with Gasteiger partial charge in [-0.2, -0.15) is 0 Å². The van der Waals surface area contributed by atoms with Crippen LogP contribution in [0, 0.1) is 5.92 Å². The van der Waals surface area contributed by atoms with Crippen molar-refractivity contribution in [2.75, 3.05) is 32.5 Å². The van der Waals surface area contributed by atoms with Crippen molar-refractivity contribution in [2.24, 2.45) is 5.92 Å². The number of methoxy groups -OCH3 is 1. The molecule has 1 aliphatic rings. The maximum atomic E-state index is 6.01. The fraction of sp³-hybridized carbons (Fsp3) is 0.625. The zero-order valence-corrected chi connectivity index (χ0v) is 12.1. The molecule has 1 saturated carbocycles. The Bertz CT molecular complexity index is 390. The van der Waals surface area contributed by atoms with Gasteiger partial charge < -0.3 is 10.5 Å². The van der Waals surface area contributed by atoms with Crippen molar-refractivity contribution in [3.8, 4) is 0 Å². The van der Waals surface area contributed by atoms with Crippen molar-refractivity contribution in [2.45, 2.75) is 32.2 Å². The van der Waals surface area contributed by atoms with Crippen LogP contribution in [0.15, 0.2) is 24.3 Å². The van der Waals surface area contributed by atoms with Gasteiger partial charge >= 0.3 is 0 Å². The van der Waals surface area contributed by atoms with Crippen molar-refractivity contribution >= 4 is 5.69 Å². The molecule has 1 fully saturated rings. The highest BCUT2D eigenvalue weighted by Gasteiger charge is 2.31. The lowest BCUT2D eigenvalue weighted by atomic mass is 10.1. The maximum absolute atomic E-state index is 6.01. The van der Waals surface area contributed by atoms with Crippen LogP contribution in [0.4, 0.5) is 5.69 Å². The first-order valence-corrected chi connectivity index (χ1v) is 7.28. The second-order valence-corrected chi connectivity index (χ2v) is 5.56. The summed E-state index contributed by atoms with van der Waals surface area (Å²) in [6.45, 7) is 5.24. The second-order valence-electron chi connectivity index (χ2n) is 5.56. The highest BCUT2D eigenvalue weighted by Crippen LogP contribution is 2.35. The Labute approximate surface area is 116 Å². The molecule has 0 aromatic heterocycles. The highest BCUT2D eigenvalue weighted by molar-refractivity contribution is 5.46. The topological polar surface area (TPSA) is 38.5 Å². The molecule has 3 nitrogen and oxygen atoms in total. The van der Waals surface area contributed by atoms with E-state index in [4.69, 9.17) is 10.5 Å². The maximum Gasteiger partial charge on any atom is 0.0589 e. The van der Waals surface area contributed by atoms with E-state index in [1.54, 1.807) is 7.11 Å². The molecule has 1 aromatic rings. The number of nitrogens with two attached hydrogens (primary N) is 1. The number of hydrogen-bond acceptors (Lipinski definition) is 3. The van der Waals surface area contributed by atoms with Crippen LogP contribution in [0.5, 0.6) is 0 Å². The molecular formula is C16H26N2O. The molecule has 3 heteroatoms. The molecule has 1 atom stereocenters. The minimum atomic E-state index is 0.667. The Morgan fingerprint density at radius 3 is 2.68 bits per heavy atom. The van der Waals surface area contributed by atoms with Crippen LogP contribution >= 0.6 is 0 Å². The fourth-order valence-corrected chi connectivity index (χ4v) is 2.63. The summed E-state index contributed by atoms with van der Waals surface area (Å²) in [4.78, 5) is 2.55. The van der Waals surface area contributed by atoms with Gasteiger partial charge in [0.2, 0.25) is 0 Å². The van der Waals surface area contributed by atoms with E-state index in [1.165, 1.54) is 18.4 Å². The van der Waals surface area contributed by atoms with E-state index >= 15 is 0 Å². The number of hydrogen-bond donors (Lipinski definition) is 1. The summed E-state index contributed by atoms with van der Waals surface area (Å²) in [6.07, 6.45) is 3.80. The predicted octanol–water partition coefficient (Wildman–Crippen LogP) is 2.56. The summed E-state index contributed by atoms with van der Waals surface area (Å²) < 4.78 is 5.23. The van der Waals surface area contributed by atoms with Crippen molar-refractivity contribution in [1.82, 2.24) is 4.90 Å². The molecular weight excluding hydrogens is 236 g/mol. The number of benzene rings is 1. The molecule has 0 spiro atoms. The molecule has 0 saturated heterocycles. The van der Waals surface area contributed by atoms with Gasteiger partial charge in [-0.3, -0.25) is 4.90 Å². The van der Waals surface area contributed by atoms with Gasteiger partial charge in [0.1, 0.15) is 0 Å². The minimum Gasteiger partial charge on any atom is -0.399 e. The van der Waals surface area contributed by atoms with Gasteiger partial charge in [0.15, 0.2) is 0 Å². The first-order chi connectivity index (χ1) is 9.22. The van der Waals surface area contributed by atoms with E-state index < -0.39 is 0 Å². The largest absolute Gasteiger partial charge is 0.399 e. The summed E-state index contributed by atoms with van der Waals surface area (Å²) in [6, 6.07) is 8.84. The second kappa shape index (κ2) is 6.92. The van der Waals surface area contributed by atoms with Gasteiger partial charge in [0, 0.05) is 31.9 Å². The molecule has 0 bridgehead atoms. The average Bonchev–Trinajstić information content (AvgIpc) is 3.24. The Balaban J connectivity index is 1.90. The van der Waals surface area contributed by atoms with E-state index in [0.29, 0.717) is 6.04 Å². The van der Waals surface area contributed by atoms with Gasteiger partial charge in [-0.05, 0) is 43.7 Å². The minimum absolute atomic E-state index is 0.667. The predicted molar refractivity (Wildman–Crippen MR) is 80.2 cm³/mol. The lowest BCUT2D eigenvalue weighted by molar-refractivity contribution is 0.118. The third-order valence-electron chi connectivity index (χ3n) is 4.19. The molecule has 0 aliphatic heterocycles. The normalized spacial score (nSPS) is 16.8. The first-order valence-electron chi connectivity index (χ1n) is 7.28. The Hall–Kier alpha value is -1.06. The van der Waals surface area contributed by atoms with Crippen LogP contribution in [-0.2, 0) is 11.2 Å². The van der Waals surface area contributed by atoms with E-state index in [0.717, 1.165) is 37.7 Å². The summed E-state index contributed by atoms with van der Waals surface area (Å²) >= 11 is 0. The van der Waals surface area contributed by atoms with Gasteiger partial charge in [-0.15, -0.1) is 0 Å². The number of anilines is 1. The smallest absolute Gasteiger partial charge is 0.0589 e. The van der Waals surface area contributed by atoms with Crippen LogP contribution in [0.1, 0.15) is 25.3 Å². The van der Waals surface area contributed by atoms with Crippen molar-refractivity contribution in [1.29, 1.82) is 0 Å². The van der Waals surface area contributed by atoms with E-state index in [1.807, 2.05) is 12.1 Å². The third kappa shape index (κ3) is 4.22. The number of rotatable bonds is 8. The standard InChI is InChI=1S/C16H26N2O/c1-13(14-7-8-14)18(11-12-19-2)10-9-15-5-3-4-6-16(15)17/h3-6,13-14H,7-12,17H2,1-2H3. The Kier molecular flexibility index (Phi) is 5.23. The van der Waals surface area contributed by atoms with Crippen LogP contribution in [-0.4, -0.2) is 37.7 Å². The average molecular weight is 262 g/mol. The SMILES string of the molecule is COCCN(CCc1ccccc1N)C(C)C1CC1.